The van der Waals surface area contributed by atoms with E-state index in [0.717, 1.165) is 6.07 Å². The Morgan fingerprint density at radius 2 is 1.11 bits per heavy atom. The van der Waals surface area contributed by atoms with Gasteiger partial charge in [0.05, 0.1) is 16.7 Å². The van der Waals surface area contributed by atoms with Crippen LogP contribution in [0.4, 0.5) is 0 Å². The lowest BCUT2D eigenvalue weighted by atomic mass is 9.68. The third kappa shape index (κ3) is 1.62. The second-order valence-corrected chi connectivity index (χ2v) is 8.17. The zero-order valence-corrected chi connectivity index (χ0v) is 15.4. The van der Waals surface area contributed by atoms with E-state index in [1.807, 2.05) is 0 Å². The molecule has 1 aromatic heterocycles. The Morgan fingerprint density at radius 3 is 1.64 bits per heavy atom. The molecular weight excluding hydrogens is 338 g/mol. The first-order valence-corrected chi connectivity index (χ1v) is 9.13. The average Bonchev–Trinajstić information content (AvgIpc) is 3.10. The van der Waals surface area contributed by atoms with Gasteiger partial charge < -0.3 is 4.57 Å². The van der Waals surface area contributed by atoms with E-state index in [4.69, 9.17) is 20.6 Å². The van der Waals surface area contributed by atoms with Gasteiger partial charge in [0.25, 0.3) is 0 Å². The fourth-order valence-corrected chi connectivity index (χ4v) is 5.09. The Hall–Kier alpha value is -2.54. The summed E-state index contributed by atoms with van der Waals surface area (Å²) in [6, 6.07) is 8.35. The molecular formula is C27H27N. The van der Waals surface area contributed by atoms with E-state index >= 15 is 0 Å². The van der Waals surface area contributed by atoms with Gasteiger partial charge in [-0.05, 0) is 55.1 Å². The van der Waals surface area contributed by atoms with Gasteiger partial charge in [-0.15, -0.1) is 0 Å². The highest BCUT2D eigenvalue weighted by Crippen LogP contribution is 2.55. The van der Waals surface area contributed by atoms with Crippen molar-refractivity contribution in [3.05, 3.63) is 75.3 Å². The zero-order valence-electron chi connectivity index (χ0n) is 30.4. The van der Waals surface area contributed by atoms with Crippen LogP contribution in [-0.4, -0.2) is 4.57 Å². The summed E-state index contributed by atoms with van der Waals surface area (Å²) in [6.45, 7) is -12.7. The first-order chi connectivity index (χ1) is 19.3. The standard InChI is InChI=1S/C27H27N/c1-14-8-17-18-9-15(2)11-20-24(18)28-23(17)19(10-14)26(4,5)21-12-16(3)13-22(25(21)28)27(20,6)7/h8-13H,1-7H3/i1D3,4D3,5D3,6D3,7D3. The highest BCUT2D eigenvalue weighted by atomic mass is 15.0. The topological polar surface area (TPSA) is 4.93 Å². The molecule has 0 radical (unpaired) electrons. The van der Waals surface area contributed by atoms with Crippen LogP contribution >= 0.6 is 0 Å². The predicted octanol–water partition coefficient (Wildman–Crippen LogP) is 6.99. The summed E-state index contributed by atoms with van der Waals surface area (Å²) in [5, 5.41) is 0.504. The molecule has 0 atom stereocenters. The van der Waals surface area contributed by atoms with Crippen LogP contribution in [0.1, 0.15) is 86.9 Å². The average molecular weight is 381 g/mol. The van der Waals surface area contributed by atoms with E-state index in [1.165, 1.54) is 31.2 Å². The molecule has 2 aliphatic rings. The number of aryl methyl sites for hydroxylation is 3. The van der Waals surface area contributed by atoms with Crippen LogP contribution in [0.5, 0.6) is 0 Å². The van der Waals surface area contributed by atoms with Gasteiger partial charge in [0, 0.05) is 42.2 Å². The second-order valence-electron chi connectivity index (χ2n) is 8.17. The molecule has 140 valence electrons. The Bertz CT molecular complexity index is 1850. The van der Waals surface area contributed by atoms with Crippen molar-refractivity contribution >= 4 is 21.8 Å². The summed E-state index contributed by atoms with van der Waals surface area (Å²) < 4.78 is 131. The van der Waals surface area contributed by atoms with Gasteiger partial charge in [-0.3, -0.25) is 0 Å². The number of benzene rings is 3. The molecule has 0 amide bonds. The summed E-state index contributed by atoms with van der Waals surface area (Å²) in [4.78, 5) is 0. The van der Waals surface area contributed by atoms with E-state index in [1.54, 1.807) is 17.6 Å². The monoisotopic (exact) mass is 380 g/mol. The number of hydrogen-bond acceptors (Lipinski definition) is 0. The third-order valence-electron chi connectivity index (χ3n) is 6.20. The van der Waals surface area contributed by atoms with Crippen LogP contribution in [0, 0.1) is 20.7 Å². The van der Waals surface area contributed by atoms with Crippen LogP contribution in [0.15, 0.2) is 36.4 Å². The number of aromatic nitrogens is 1. The lowest BCUT2D eigenvalue weighted by Crippen LogP contribution is -2.33. The van der Waals surface area contributed by atoms with Gasteiger partial charge in [0.15, 0.2) is 0 Å². The Labute approximate surface area is 188 Å². The number of rotatable bonds is 0. The minimum absolute atomic E-state index is 0.0422. The van der Waals surface area contributed by atoms with E-state index in [2.05, 4.69) is 0 Å². The Kier molecular flexibility index (Phi) is 1.19. The molecule has 0 unspecified atom stereocenters. The molecule has 0 saturated carbocycles. The predicted molar refractivity (Wildman–Crippen MR) is 119 cm³/mol. The summed E-state index contributed by atoms with van der Waals surface area (Å²) in [6.07, 6.45) is 0. The van der Waals surface area contributed by atoms with Crippen LogP contribution in [0.2, 0.25) is 0 Å². The van der Waals surface area contributed by atoms with Gasteiger partial charge in [-0.2, -0.15) is 0 Å². The number of fused-ring (bicyclic) bond motifs is 1. The molecule has 0 bridgehead atoms. The SMILES string of the molecule is [2H]C([2H])([2H])c1cc2c3c(c1)c1cc(C)cc4c1n3-c1c(cc(C)cc1C2(C([2H])([2H])[2H])C([2H])([2H])[2H])C4(C([2H])([2H])[2H])C([2H])([2H])[2H]. The highest BCUT2D eigenvalue weighted by Gasteiger charge is 2.43. The molecule has 28 heavy (non-hydrogen) atoms. The van der Waals surface area contributed by atoms with E-state index < -0.39 is 45.1 Å². The number of nitrogens with zero attached hydrogens (tertiary/aromatic N) is 1. The molecule has 1 heteroatoms. The fourth-order valence-electron chi connectivity index (χ4n) is 5.09. The summed E-state index contributed by atoms with van der Waals surface area (Å²) in [7, 11) is 0. The van der Waals surface area contributed by atoms with Crippen LogP contribution in [0.25, 0.3) is 27.5 Å². The van der Waals surface area contributed by atoms with Gasteiger partial charge in [0.1, 0.15) is 0 Å². The summed E-state index contributed by atoms with van der Waals surface area (Å²) in [5.41, 5.74) is -5.70. The molecule has 0 aliphatic carbocycles. The van der Waals surface area contributed by atoms with Crippen molar-refractivity contribution in [1.82, 2.24) is 4.57 Å². The van der Waals surface area contributed by atoms with Crippen molar-refractivity contribution in [2.45, 2.75) is 58.9 Å². The molecule has 3 heterocycles. The zero-order chi connectivity index (χ0) is 32.2. The normalized spacial score (nSPS) is 27.9. The smallest absolute Gasteiger partial charge is 0.0582 e. The van der Waals surface area contributed by atoms with Gasteiger partial charge in [-0.1, -0.05) is 68.4 Å². The minimum Gasteiger partial charge on any atom is -0.308 e. The summed E-state index contributed by atoms with van der Waals surface area (Å²) in [5.74, 6) is 0. The largest absolute Gasteiger partial charge is 0.308 e. The molecule has 0 saturated heterocycles. The molecule has 2 aliphatic heterocycles. The molecule has 1 nitrogen and oxygen atoms in total. The molecule has 6 rings (SSSR count). The molecule has 0 fully saturated rings. The first kappa shape index (κ1) is 7.37. The molecule has 3 aromatic carbocycles. The van der Waals surface area contributed by atoms with Crippen molar-refractivity contribution in [3.63, 3.8) is 0 Å². The quantitative estimate of drug-likeness (QED) is 0.310. The van der Waals surface area contributed by atoms with Gasteiger partial charge in [-0.25, -0.2) is 0 Å². The number of hydrogen-bond donors (Lipinski definition) is 0. The first-order valence-electron chi connectivity index (χ1n) is 16.6. The maximum absolute atomic E-state index is 8.76. The van der Waals surface area contributed by atoms with Crippen molar-refractivity contribution in [2.24, 2.45) is 0 Å². The molecule has 0 spiro atoms. The van der Waals surface area contributed by atoms with Gasteiger partial charge in [0.2, 0.25) is 0 Å². The maximum atomic E-state index is 8.76. The van der Waals surface area contributed by atoms with Crippen molar-refractivity contribution in [3.8, 4) is 5.69 Å². The van der Waals surface area contributed by atoms with Crippen LogP contribution in [-0.2, 0) is 10.8 Å². The van der Waals surface area contributed by atoms with Crippen molar-refractivity contribution < 1.29 is 20.6 Å². The van der Waals surface area contributed by atoms with Crippen molar-refractivity contribution in [2.75, 3.05) is 0 Å². The van der Waals surface area contributed by atoms with Crippen LogP contribution < -0.4 is 0 Å². The van der Waals surface area contributed by atoms with E-state index in [-0.39, 0.29) is 55.5 Å². The summed E-state index contributed by atoms with van der Waals surface area (Å²) >= 11 is 0. The van der Waals surface area contributed by atoms with Crippen LogP contribution in [0.3, 0.4) is 0 Å². The molecule has 4 aromatic rings. The van der Waals surface area contributed by atoms with Crippen molar-refractivity contribution in [1.29, 1.82) is 0 Å². The fraction of sp³-hybridized carbons (Fsp3) is 0.333. The molecule has 0 N–H and O–H groups in total. The Balaban J connectivity index is 2.11. The minimum atomic E-state index is -3.32. The Morgan fingerprint density at radius 1 is 0.643 bits per heavy atom. The highest BCUT2D eigenvalue weighted by molar-refractivity contribution is 6.14. The lowest BCUT2D eigenvalue weighted by molar-refractivity contribution is 0.592. The maximum Gasteiger partial charge on any atom is 0.0582 e. The van der Waals surface area contributed by atoms with E-state index in [9.17, 15) is 0 Å². The third-order valence-corrected chi connectivity index (χ3v) is 6.20. The van der Waals surface area contributed by atoms with E-state index in [0.29, 0.717) is 10.9 Å². The second kappa shape index (κ2) is 4.54. The van der Waals surface area contributed by atoms with Gasteiger partial charge >= 0.3 is 0 Å². The lowest BCUT2D eigenvalue weighted by Gasteiger charge is -2.42.